The van der Waals surface area contributed by atoms with Crippen LogP contribution in [0.5, 0.6) is 0 Å². The van der Waals surface area contributed by atoms with E-state index in [0.29, 0.717) is 33.0 Å². The second-order valence-corrected chi connectivity index (χ2v) is 5.04. The number of aromatic nitrogens is 2. The molecule has 104 valence electrons. The van der Waals surface area contributed by atoms with Gasteiger partial charge in [-0.05, 0) is 25.1 Å². The van der Waals surface area contributed by atoms with Crippen LogP contribution in [-0.2, 0) is 7.05 Å². The molecule has 3 aromatic rings. The fourth-order valence-corrected chi connectivity index (χ4v) is 2.59. The van der Waals surface area contributed by atoms with E-state index < -0.39 is 6.10 Å². The smallest absolute Gasteiger partial charge is 0.155 e. The Balaban J connectivity index is 2.17. The molecule has 1 atom stereocenters. The summed E-state index contributed by atoms with van der Waals surface area (Å²) in [6.07, 6.45) is 0.406. The number of halogens is 2. The summed E-state index contributed by atoms with van der Waals surface area (Å²) in [7, 11) is 1.68. The molecule has 0 aliphatic rings. The molecule has 0 saturated heterocycles. The maximum Gasteiger partial charge on any atom is 0.155 e. The number of aliphatic hydroxyl groups excluding tert-OH is 1. The maximum absolute atomic E-state index is 13.3. The van der Waals surface area contributed by atoms with E-state index in [-0.39, 0.29) is 5.82 Å². The Kier molecular flexibility index (Phi) is 3.03. The molecular weight excluding hydrogens is 283 g/mol. The van der Waals surface area contributed by atoms with E-state index in [1.54, 1.807) is 20.0 Å². The van der Waals surface area contributed by atoms with Crippen molar-refractivity contribution in [2.24, 2.45) is 7.05 Å². The number of furan rings is 1. The zero-order chi connectivity index (χ0) is 14.4. The van der Waals surface area contributed by atoms with Gasteiger partial charge in [0.1, 0.15) is 17.2 Å². The Labute approximate surface area is 119 Å². The summed E-state index contributed by atoms with van der Waals surface area (Å²) in [5.74, 6) is -0.00268. The molecule has 2 aromatic heterocycles. The predicted octanol–water partition coefficient (Wildman–Crippen LogP) is 3.35. The predicted molar refractivity (Wildman–Crippen MR) is 73.2 cm³/mol. The standard InChI is InChI=1S/C14H12ClFN2O2/c1-7-9-5-8(16)3-4-11(9)20-14(7)13(19)12-10(15)6-17-18(12)2/h3-6,13,19H,1-2H3. The van der Waals surface area contributed by atoms with E-state index >= 15 is 0 Å². The number of hydrogen-bond acceptors (Lipinski definition) is 3. The lowest BCUT2D eigenvalue weighted by Crippen LogP contribution is -2.07. The summed E-state index contributed by atoms with van der Waals surface area (Å²) in [5, 5.41) is 15.4. The largest absolute Gasteiger partial charge is 0.458 e. The summed E-state index contributed by atoms with van der Waals surface area (Å²) < 4.78 is 20.4. The average Bonchev–Trinajstić information content (AvgIpc) is 2.91. The van der Waals surface area contributed by atoms with Crippen LogP contribution in [-0.4, -0.2) is 14.9 Å². The lowest BCUT2D eigenvalue weighted by molar-refractivity contribution is 0.182. The monoisotopic (exact) mass is 294 g/mol. The molecule has 0 amide bonds. The first-order valence-corrected chi connectivity index (χ1v) is 6.41. The van der Waals surface area contributed by atoms with Crippen molar-refractivity contribution in [3.8, 4) is 0 Å². The van der Waals surface area contributed by atoms with Crippen molar-refractivity contribution in [3.05, 3.63) is 52.3 Å². The first-order valence-electron chi connectivity index (χ1n) is 6.03. The van der Waals surface area contributed by atoms with Gasteiger partial charge in [-0.25, -0.2) is 4.39 Å². The first-order chi connectivity index (χ1) is 9.49. The topological polar surface area (TPSA) is 51.2 Å². The van der Waals surface area contributed by atoms with Gasteiger partial charge >= 0.3 is 0 Å². The fraction of sp³-hybridized carbons (Fsp3) is 0.214. The van der Waals surface area contributed by atoms with E-state index in [4.69, 9.17) is 16.0 Å². The molecule has 20 heavy (non-hydrogen) atoms. The number of aliphatic hydroxyl groups is 1. The SMILES string of the molecule is Cc1c(C(O)c2c(Cl)cnn2C)oc2ccc(F)cc12. The lowest BCUT2D eigenvalue weighted by atomic mass is 10.1. The third kappa shape index (κ3) is 1.90. The Morgan fingerprint density at radius 2 is 2.20 bits per heavy atom. The second-order valence-electron chi connectivity index (χ2n) is 4.64. The van der Waals surface area contributed by atoms with Crippen LogP contribution >= 0.6 is 11.6 Å². The average molecular weight is 295 g/mol. The Bertz CT molecular complexity index is 774. The van der Waals surface area contributed by atoms with Gasteiger partial charge in [0.05, 0.1) is 16.9 Å². The Morgan fingerprint density at radius 1 is 1.45 bits per heavy atom. The number of rotatable bonds is 2. The van der Waals surface area contributed by atoms with Gasteiger partial charge in [-0.15, -0.1) is 0 Å². The molecule has 1 N–H and O–H groups in total. The van der Waals surface area contributed by atoms with Crippen molar-refractivity contribution < 1.29 is 13.9 Å². The second kappa shape index (κ2) is 4.61. The summed E-state index contributed by atoms with van der Waals surface area (Å²) >= 11 is 6.02. The van der Waals surface area contributed by atoms with Gasteiger partial charge in [0, 0.05) is 18.0 Å². The number of fused-ring (bicyclic) bond motifs is 1. The Hall–Kier alpha value is -1.85. The van der Waals surface area contributed by atoms with Crippen molar-refractivity contribution in [1.82, 2.24) is 9.78 Å². The number of nitrogens with zero attached hydrogens (tertiary/aromatic N) is 2. The van der Waals surface area contributed by atoms with Crippen LogP contribution in [0.3, 0.4) is 0 Å². The molecule has 0 saturated carbocycles. The van der Waals surface area contributed by atoms with Crippen LogP contribution in [0, 0.1) is 12.7 Å². The van der Waals surface area contributed by atoms with Crippen molar-refractivity contribution in [2.75, 3.05) is 0 Å². The van der Waals surface area contributed by atoms with Crippen LogP contribution in [0.15, 0.2) is 28.8 Å². The molecule has 0 radical (unpaired) electrons. The zero-order valence-corrected chi connectivity index (χ0v) is 11.6. The quantitative estimate of drug-likeness (QED) is 0.788. The van der Waals surface area contributed by atoms with E-state index in [0.717, 1.165) is 0 Å². The summed E-state index contributed by atoms with van der Waals surface area (Å²) in [6, 6.07) is 4.24. The molecule has 0 aliphatic carbocycles. The molecular formula is C14H12ClFN2O2. The van der Waals surface area contributed by atoms with Crippen LogP contribution in [0.1, 0.15) is 23.1 Å². The van der Waals surface area contributed by atoms with Gasteiger partial charge in [-0.2, -0.15) is 5.10 Å². The van der Waals surface area contributed by atoms with Crippen LogP contribution in [0.2, 0.25) is 5.02 Å². The third-order valence-electron chi connectivity index (χ3n) is 3.38. The van der Waals surface area contributed by atoms with Crippen molar-refractivity contribution in [2.45, 2.75) is 13.0 Å². The first kappa shape index (κ1) is 13.1. The summed E-state index contributed by atoms with van der Waals surface area (Å²) in [5.41, 5.74) is 1.65. The molecule has 0 spiro atoms. The minimum Gasteiger partial charge on any atom is -0.458 e. The third-order valence-corrected chi connectivity index (χ3v) is 3.67. The Morgan fingerprint density at radius 3 is 2.85 bits per heavy atom. The van der Waals surface area contributed by atoms with Gasteiger partial charge < -0.3 is 9.52 Å². The molecule has 4 nitrogen and oxygen atoms in total. The highest BCUT2D eigenvalue weighted by Crippen LogP contribution is 2.35. The highest BCUT2D eigenvalue weighted by molar-refractivity contribution is 6.31. The molecule has 1 unspecified atom stereocenters. The van der Waals surface area contributed by atoms with E-state index in [1.807, 2.05) is 0 Å². The molecule has 6 heteroatoms. The van der Waals surface area contributed by atoms with E-state index in [9.17, 15) is 9.50 Å². The number of aryl methyl sites for hydroxylation is 2. The zero-order valence-electron chi connectivity index (χ0n) is 10.9. The van der Waals surface area contributed by atoms with Crippen molar-refractivity contribution in [3.63, 3.8) is 0 Å². The minimum atomic E-state index is -1.05. The van der Waals surface area contributed by atoms with Gasteiger partial charge in [-0.1, -0.05) is 11.6 Å². The molecule has 0 bridgehead atoms. The normalized spacial score (nSPS) is 13.1. The summed E-state index contributed by atoms with van der Waals surface area (Å²) in [6.45, 7) is 1.77. The van der Waals surface area contributed by atoms with Crippen molar-refractivity contribution in [1.29, 1.82) is 0 Å². The van der Waals surface area contributed by atoms with Crippen LogP contribution < -0.4 is 0 Å². The molecule has 0 aliphatic heterocycles. The molecule has 1 aromatic carbocycles. The fourth-order valence-electron chi connectivity index (χ4n) is 2.32. The molecule has 2 heterocycles. The lowest BCUT2D eigenvalue weighted by Gasteiger charge is -2.10. The highest BCUT2D eigenvalue weighted by atomic mass is 35.5. The van der Waals surface area contributed by atoms with Gasteiger partial charge in [0.2, 0.25) is 0 Å². The maximum atomic E-state index is 13.3. The van der Waals surface area contributed by atoms with Crippen LogP contribution in [0.4, 0.5) is 4.39 Å². The molecule has 3 rings (SSSR count). The van der Waals surface area contributed by atoms with Crippen LogP contribution in [0.25, 0.3) is 11.0 Å². The van der Waals surface area contributed by atoms with E-state index in [1.165, 1.54) is 23.0 Å². The van der Waals surface area contributed by atoms with E-state index in [2.05, 4.69) is 5.10 Å². The summed E-state index contributed by atoms with van der Waals surface area (Å²) in [4.78, 5) is 0. The van der Waals surface area contributed by atoms with Gasteiger partial charge in [0.25, 0.3) is 0 Å². The minimum absolute atomic E-state index is 0.344. The highest BCUT2D eigenvalue weighted by Gasteiger charge is 2.25. The van der Waals surface area contributed by atoms with Gasteiger partial charge in [0.15, 0.2) is 6.10 Å². The van der Waals surface area contributed by atoms with Gasteiger partial charge in [-0.3, -0.25) is 4.68 Å². The molecule has 0 fully saturated rings. The van der Waals surface area contributed by atoms with Crippen molar-refractivity contribution >= 4 is 22.6 Å². The number of benzene rings is 1. The number of hydrogen-bond donors (Lipinski definition) is 1.